The highest BCUT2D eigenvalue weighted by atomic mass is 32.2. The lowest BCUT2D eigenvalue weighted by Gasteiger charge is -2.33. The molecule has 0 amide bonds. The second-order valence-corrected chi connectivity index (χ2v) is 38.1. The Labute approximate surface area is 629 Å². The maximum Gasteiger partial charge on any atom is 0.356 e. The molecule has 0 radical (unpaired) electrons. The SMILES string of the molecule is CCCCCCCCCCCC[N+](C)(C)CCCCCCCCCCCC.CCc1cc(C)c(Cc2cc(C)c(C)cc2P(=O)([O-])O)cc1P(=O)(O)O.CCc1cc(C)c(Cc2cc(C)c(C)cc2P(=O)([O-])[O-])cc1P(=O)([O-])O.CCc1cc(C)c(Cc2cc(C)c(C)cc2S(=O)(=O)[O-])cc1S(=O)(=O)O. The number of aryl methyl sites for hydroxylation is 12. The van der Waals surface area contributed by atoms with Crippen LogP contribution in [0.4, 0.5) is 0 Å². The van der Waals surface area contributed by atoms with Gasteiger partial charge in [0.05, 0.1) is 42.3 Å². The van der Waals surface area contributed by atoms with Gasteiger partial charge in [-0.1, -0.05) is 180 Å². The van der Waals surface area contributed by atoms with Gasteiger partial charge in [0.1, 0.15) is 10.1 Å². The Balaban J connectivity index is 0.000000363. The zero-order chi connectivity index (χ0) is 79.6. The summed E-state index contributed by atoms with van der Waals surface area (Å²) in [5, 5.41) is -0.647. The molecule has 25 heteroatoms. The minimum Gasteiger partial charge on any atom is -0.807 e. The summed E-state index contributed by atoms with van der Waals surface area (Å²) in [7, 11) is -23.1. The first-order chi connectivity index (χ1) is 48.6. The van der Waals surface area contributed by atoms with Crippen molar-refractivity contribution in [2.75, 3.05) is 27.2 Å². The van der Waals surface area contributed by atoms with E-state index in [0.717, 1.165) is 38.9 Å². The van der Waals surface area contributed by atoms with Crippen molar-refractivity contribution in [3.63, 3.8) is 0 Å². The van der Waals surface area contributed by atoms with Crippen molar-refractivity contribution >= 4 is 71.8 Å². The normalized spacial score (nSPS) is 13.2. The van der Waals surface area contributed by atoms with Gasteiger partial charge in [-0.15, -0.1) is 0 Å². The molecule has 19 nitrogen and oxygen atoms in total. The zero-order valence-corrected chi connectivity index (χ0v) is 70.5. The van der Waals surface area contributed by atoms with E-state index in [4.69, 9.17) is 0 Å². The molecule has 2 atom stereocenters. The average molecular weight is 1570 g/mol. The van der Waals surface area contributed by atoms with Gasteiger partial charge in [-0.3, -0.25) is 9.12 Å². The van der Waals surface area contributed by atoms with E-state index in [0.29, 0.717) is 80.5 Å². The van der Waals surface area contributed by atoms with E-state index >= 15 is 0 Å². The van der Waals surface area contributed by atoms with E-state index in [2.05, 4.69) is 27.9 Å². The molecular weight excluding hydrogens is 1450 g/mol. The van der Waals surface area contributed by atoms with Gasteiger partial charge in [-0.2, -0.15) is 8.42 Å². The van der Waals surface area contributed by atoms with Crippen LogP contribution in [0, 0.1) is 62.3 Å². The predicted octanol–water partition coefficient (Wildman–Crippen LogP) is 14.0. The molecule has 0 saturated carbocycles. The summed E-state index contributed by atoms with van der Waals surface area (Å²) in [6.45, 7) is 28.7. The highest BCUT2D eigenvalue weighted by molar-refractivity contribution is 7.86. The van der Waals surface area contributed by atoms with Gasteiger partial charge in [0.25, 0.3) is 10.1 Å². The second kappa shape index (κ2) is 43.3. The van der Waals surface area contributed by atoms with Crippen molar-refractivity contribution < 1.29 is 87.8 Å². The molecule has 0 bridgehead atoms. The van der Waals surface area contributed by atoms with Crippen LogP contribution in [0.25, 0.3) is 0 Å². The van der Waals surface area contributed by atoms with Gasteiger partial charge in [0.2, 0.25) is 0 Å². The number of hydrogen-bond acceptors (Lipinski definition) is 13. The molecule has 590 valence electrons. The third-order valence-corrected chi connectivity index (χ3v) is 25.9. The van der Waals surface area contributed by atoms with Crippen molar-refractivity contribution in [2.24, 2.45) is 0 Å². The van der Waals surface area contributed by atoms with E-state index in [1.807, 2.05) is 20.8 Å². The summed E-state index contributed by atoms with van der Waals surface area (Å²) >= 11 is 0. The molecule has 0 fully saturated rings. The Kier molecular flexibility index (Phi) is 39.2. The van der Waals surface area contributed by atoms with E-state index in [9.17, 15) is 83.3 Å². The molecular formula is C80H121NO18P4S2-4. The van der Waals surface area contributed by atoms with Gasteiger partial charge in [0, 0.05) is 10.6 Å². The zero-order valence-electron chi connectivity index (χ0n) is 65.3. The molecule has 0 aliphatic carbocycles. The van der Waals surface area contributed by atoms with Crippen LogP contribution in [0.5, 0.6) is 0 Å². The number of hydrogen-bond donors (Lipinski definition) is 5. The molecule has 6 aromatic rings. The molecule has 2 unspecified atom stereocenters. The summed E-state index contributed by atoms with van der Waals surface area (Å²) in [6.07, 6.45) is 30.6. The Morgan fingerprint density at radius 2 is 0.619 bits per heavy atom. The predicted molar refractivity (Wildman–Crippen MR) is 419 cm³/mol. The lowest BCUT2D eigenvalue weighted by molar-refractivity contribution is -0.890. The van der Waals surface area contributed by atoms with Crippen LogP contribution in [-0.4, -0.2) is 77.2 Å². The topological polar surface area (TPSA) is 353 Å². The first-order valence-corrected chi connectivity index (χ1v) is 46.4. The van der Waals surface area contributed by atoms with Crippen LogP contribution in [0.3, 0.4) is 0 Å². The van der Waals surface area contributed by atoms with Crippen LogP contribution in [0.2, 0.25) is 0 Å². The fourth-order valence-electron chi connectivity index (χ4n) is 13.1. The maximum atomic E-state index is 11.8. The number of unbranched alkanes of at least 4 members (excludes halogenated alkanes) is 18. The monoisotopic (exact) mass is 1570 g/mol. The molecule has 6 aromatic carbocycles. The molecule has 0 heterocycles. The Hall–Kier alpha value is -4.30. The first-order valence-electron chi connectivity index (χ1n) is 37.3. The molecule has 0 aromatic heterocycles. The number of quaternary nitrogens is 1. The first kappa shape index (κ1) is 94.9. The third kappa shape index (κ3) is 32.3. The van der Waals surface area contributed by atoms with Crippen molar-refractivity contribution in [2.45, 2.75) is 274 Å². The van der Waals surface area contributed by atoms with E-state index in [1.165, 1.54) is 182 Å². The quantitative estimate of drug-likeness (QED) is 0.0105. The second-order valence-electron chi connectivity index (χ2n) is 29.2. The molecule has 0 aliphatic heterocycles. The summed E-state index contributed by atoms with van der Waals surface area (Å²) in [5.74, 6) is 0. The van der Waals surface area contributed by atoms with E-state index < -0.39 is 50.6 Å². The van der Waals surface area contributed by atoms with Gasteiger partial charge in [-0.05, 0) is 270 Å². The lowest BCUT2D eigenvalue weighted by atomic mass is 9.96. The van der Waals surface area contributed by atoms with Crippen LogP contribution >= 0.6 is 30.4 Å². The fraction of sp³-hybridized carbons (Fsp3) is 0.550. The van der Waals surface area contributed by atoms with Crippen LogP contribution in [0.15, 0.2) is 82.6 Å². The lowest BCUT2D eigenvalue weighted by Crippen LogP contribution is -2.41. The van der Waals surface area contributed by atoms with Crippen LogP contribution in [0.1, 0.15) is 263 Å². The van der Waals surface area contributed by atoms with Crippen molar-refractivity contribution in [1.82, 2.24) is 0 Å². The number of benzene rings is 6. The van der Waals surface area contributed by atoms with Gasteiger partial charge in [0.15, 0.2) is 15.2 Å². The molecule has 0 saturated heterocycles. The van der Waals surface area contributed by atoms with Gasteiger partial charge in [-0.25, -0.2) is 8.42 Å². The van der Waals surface area contributed by atoms with Crippen molar-refractivity contribution in [3.8, 4) is 0 Å². The van der Waals surface area contributed by atoms with E-state index in [1.54, 1.807) is 98.7 Å². The maximum absolute atomic E-state index is 11.8. The smallest absolute Gasteiger partial charge is 0.356 e. The Morgan fingerprint density at radius 1 is 0.333 bits per heavy atom. The summed E-state index contributed by atoms with van der Waals surface area (Å²) in [5.41, 5.74) is 11.2. The molecule has 5 N–H and O–H groups in total. The van der Waals surface area contributed by atoms with Crippen LogP contribution in [-0.2, 0) is 77.0 Å². The number of rotatable bonds is 37. The largest absolute Gasteiger partial charge is 0.807 e. The average Bonchev–Trinajstić information content (AvgIpc) is 0.797. The van der Waals surface area contributed by atoms with Crippen LogP contribution < -0.4 is 40.8 Å². The minimum atomic E-state index is -4.98. The molecule has 0 spiro atoms. The summed E-state index contributed by atoms with van der Waals surface area (Å²) in [6, 6.07) is 18.3. The highest BCUT2D eigenvalue weighted by Gasteiger charge is 2.25. The van der Waals surface area contributed by atoms with Gasteiger partial charge >= 0.3 is 7.60 Å². The minimum absolute atomic E-state index is 0.0414. The Morgan fingerprint density at radius 3 is 0.971 bits per heavy atom. The van der Waals surface area contributed by atoms with Gasteiger partial charge < -0.3 is 61.9 Å². The number of nitrogens with zero attached hydrogens (tertiary/aromatic N) is 1. The van der Waals surface area contributed by atoms with E-state index in [-0.39, 0.29) is 50.3 Å². The fourth-order valence-corrected chi connectivity index (χ4v) is 18.2. The molecule has 105 heavy (non-hydrogen) atoms. The summed E-state index contributed by atoms with van der Waals surface area (Å²) in [4.78, 5) is 84.6. The Bertz CT molecular complexity index is 4080. The summed E-state index contributed by atoms with van der Waals surface area (Å²) < 4.78 is 116. The van der Waals surface area contributed by atoms with Crippen molar-refractivity contribution in [1.29, 1.82) is 0 Å². The molecule has 0 aliphatic rings. The van der Waals surface area contributed by atoms with Crippen molar-refractivity contribution in [3.05, 3.63) is 173 Å². The highest BCUT2D eigenvalue weighted by Crippen LogP contribution is 2.39. The third-order valence-electron chi connectivity index (χ3n) is 19.9. The molecule has 6 rings (SSSR count). The standard InChI is InChI=1S/C26H56N.2C18H24O6P2.C18H22O6S2/c1-5-7-9-11-13-15-17-19-21-23-25-27(3,4)26-24-22-20-18-16-14-12-10-8-6-2;3*1-5-14-7-13(4)15(10-18(14)26(22,23)24)9-16-6-11(2)12(3)8-17(16)25(19,20)21/h5-26H2,1-4H3;2*6-8,10H,5,9H2,1-4H3,(H2,19,20,21)(H2,22,23,24);6-8,10H,5,9H2,1-4H3,(H,19,20,21)(H,22,23,24)/q+1;;;/p-5.